The van der Waals surface area contributed by atoms with Crippen molar-refractivity contribution in [3.05, 3.63) is 60.2 Å². The summed E-state index contributed by atoms with van der Waals surface area (Å²) in [6, 6.07) is 17.1. The molecule has 0 saturated carbocycles. The maximum Gasteiger partial charge on any atom is 0.246 e. The molecule has 1 fully saturated rings. The highest BCUT2D eigenvalue weighted by molar-refractivity contribution is 7.99. The van der Waals surface area contributed by atoms with Gasteiger partial charge in [-0.05, 0) is 24.1 Å². The van der Waals surface area contributed by atoms with Gasteiger partial charge in [0, 0.05) is 24.1 Å². The molecule has 2 aromatic rings. The summed E-state index contributed by atoms with van der Waals surface area (Å²) in [5.41, 5.74) is 1.26. The fourth-order valence-corrected chi connectivity index (χ4v) is 5.85. The first-order valence-electron chi connectivity index (χ1n) is 7.92. The molecular weight excluding hydrogens is 342 g/mol. The lowest BCUT2D eigenvalue weighted by molar-refractivity contribution is 0.393. The third-order valence-electron chi connectivity index (χ3n) is 4.16. The van der Waals surface area contributed by atoms with Crippen LogP contribution in [0.1, 0.15) is 17.2 Å². The van der Waals surface area contributed by atoms with Crippen LogP contribution in [0.5, 0.6) is 5.75 Å². The lowest BCUT2D eigenvalue weighted by Crippen LogP contribution is -2.33. The molecule has 128 valence electrons. The van der Waals surface area contributed by atoms with E-state index in [2.05, 4.69) is 12.1 Å². The molecule has 0 aliphatic carbocycles. The Morgan fingerprint density at radius 3 is 2.50 bits per heavy atom. The number of para-hydroxylation sites is 1. The molecule has 0 radical (unpaired) electrons. The van der Waals surface area contributed by atoms with Crippen molar-refractivity contribution < 1.29 is 13.2 Å². The zero-order valence-electron chi connectivity index (χ0n) is 13.6. The highest BCUT2D eigenvalue weighted by Crippen LogP contribution is 2.36. The molecule has 1 unspecified atom stereocenters. The summed E-state index contributed by atoms with van der Waals surface area (Å²) in [7, 11) is -2.04. The van der Waals surface area contributed by atoms with Gasteiger partial charge in [0.1, 0.15) is 10.6 Å². The molecule has 1 aliphatic rings. The number of nitrogens with zero attached hydrogens (tertiary/aromatic N) is 1. The smallest absolute Gasteiger partial charge is 0.246 e. The highest BCUT2D eigenvalue weighted by atomic mass is 32.2. The summed E-state index contributed by atoms with van der Waals surface area (Å²) < 4.78 is 32.8. The van der Waals surface area contributed by atoms with Crippen LogP contribution in [0, 0.1) is 0 Å². The molecular formula is C18H21NO3S2. The fourth-order valence-electron chi connectivity index (χ4n) is 2.90. The summed E-state index contributed by atoms with van der Waals surface area (Å²) >= 11 is 1.82. The fraction of sp³-hybridized carbons (Fsp3) is 0.333. The van der Waals surface area contributed by atoms with Crippen molar-refractivity contribution in [2.75, 3.05) is 26.0 Å². The van der Waals surface area contributed by atoms with Gasteiger partial charge in [-0.2, -0.15) is 16.1 Å². The predicted molar refractivity (Wildman–Crippen MR) is 98.0 cm³/mol. The van der Waals surface area contributed by atoms with E-state index in [1.807, 2.05) is 30.0 Å². The van der Waals surface area contributed by atoms with Gasteiger partial charge in [0.15, 0.2) is 0 Å². The van der Waals surface area contributed by atoms with Crippen LogP contribution in [0.25, 0.3) is 0 Å². The van der Waals surface area contributed by atoms with Gasteiger partial charge in [0.25, 0.3) is 0 Å². The maximum absolute atomic E-state index is 13.0. The molecule has 0 N–H and O–H groups in total. The van der Waals surface area contributed by atoms with Crippen molar-refractivity contribution in [3.63, 3.8) is 0 Å². The summed E-state index contributed by atoms with van der Waals surface area (Å²) in [6.45, 7) is 1.04. The van der Waals surface area contributed by atoms with E-state index in [1.165, 1.54) is 12.7 Å². The molecule has 1 atom stereocenters. The van der Waals surface area contributed by atoms with E-state index in [4.69, 9.17) is 4.74 Å². The van der Waals surface area contributed by atoms with E-state index in [-0.39, 0.29) is 4.90 Å². The molecule has 6 heteroatoms. The topological polar surface area (TPSA) is 46.6 Å². The largest absolute Gasteiger partial charge is 0.495 e. The van der Waals surface area contributed by atoms with E-state index >= 15 is 0 Å². The molecule has 0 bridgehead atoms. The lowest BCUT2D eigenvalue weighted by Gasteiger charge is -2.21. The molecule has 0 aromatic heterocycles. The van der Waals surface area contributed by atoms with E-state index in [0.29, 0.717) is 24.1 Å². The summed E-state index contributed by atoms with van der Waals surface area (Å²) in [6.07, 6.45) is 0.809. The number of hydrogen-bond acceptors (Lipinski definition) is 4. The van der Waals surface area contributed by atoms with Gasteiger partial charge in [-0.25, -0.2) is 8.42 Å². The van der Waals surface area contributed by atoms with E-state index in [1.54, 1.807) is 28.6 Å². The first kappa shape index (κ1) is 17.3. The Kier molecular flexibility index (Phi) is 5.48. The monoisotopic (exact) mass is 363 g/mol. The molecule has 4 nitrogen and oxygen atoms in total. The number of hydrogen-bond donors (Lipinski definition) is 0. The van der Waals surface area contributed by atoms with Crippen LogP contribution in [-0.2, 0) is 10.0 Å². The van der Waals surface area contributed by atoms with Gasteiger partial charge in [0.05, 0.1) is 7.11 Å². The van der Waals surface area contributed by atoms with Crippen LogP contribution < -0.4 is 4.74 Å². The van der Waals surface area contributed by atoms with E-state index in [0.717, 1.165) is 12.2 Å². The van der Waals surface area contributed by atoms with Gasteiger partial charge < -0.3 is 4.74 Å². The Morgan fingerprint density at radius 1 is 1.04 bits per heavy atom. The molecule has 0 spiro atoms. The number of thioether (sulfide) groups is 1. The van der Waals surface area contributed by atoms with Crippen LogP contribution in [-0.4, -0.2) is 38.7 Å². The van der Waals surface area contributed by atoms with Crippen molar-refractivity contribution in [1.29, 1.82) is 0 Å². The zero-order chi connectivity index (χ0) is 17.0. The minimum Gasteiger partial charge on any atom is -0.495 e. The van der Waals surface area contributed by atoms with Crippen LogP contribution >= 0.6 is 11.8 Å². The van der Waals surface area contributed by atoms with Crippen molar-refractivity contribution in [2.45, 2.75) is 16.6 Å². The van der Waals surface area contributed by atoms with Crippen LogP contribution in [0.15, 0.2) is 59.5 Å². The second-order valence-electron chi connectivity index (χ2n) is 5.61. The highest BCUT2D eigenvalue weighted by Gasteiger charge is 2.30. The number of benzene rings is 2. The first-order chi connectivity index (χ1) is 11.6. The minimum atomic E-state index is -3.54. The number of rotatable bonds is 4. The quantitative estimate of drug-likeness (QED) is 0.833. The Labute approximate surface area is 147 Å². The molecule has 1 saturated heterocycles. The second-order valence-corrected chi connectivity index (χ2v) is 8.83. The normalized spacial score (nSPS) is 19.6. The first-order valence-corrected chi connectivity index (χ1v) is 10.4. The van der Waals surface area contributed by atoms with Crippen molar-refractivity contribution in [3.8, 4) is 5.75 Å². The van der Waals surface area contributed by atoms with Crippen LogP contribution in [0.4, 0.5) is 0 Å². The molecule has 0 amide bonds. The molecule has 2 aromatic carbocycles. The van der Waals surface area contributed by atoms with Gasteiger partial charge in [-0.1, -0.05) is 42.5 Å². The zero-order valence-corrected chi connectivity index (χ0v) is 15.2. The van der Waals surface area contributed by atoms with Crippen LogP contribution in [0.2, 0.25) is 0 Å². The third kappa shape index (κ3) is 3.61. The third-order valence-corrected chi connectivity index (χ3v) is 7.43. The predicted octanol–water partition coefficient (Wildman–Crippen LogP) is 3.56. The van der Waals surface area contributed by atoms with Gasteiger partial charge in [-0.3, -0.25) is 0 Å². The number of methoxy groups -OCH3 is 1. The van der Waals surface area contributed by atoms with E-state index < -0.39 is 10.0 Å². The van der Waals surface area contributed by atoms with Crippen molar-refractivity contribution in [1.82, 2.24) is 4.31 Å². The summed E-state index contributed by atoms with van der Waals surface area (Å²) in [4.78, 5) is 0.246. The van der Waals surface area contributed by atoms with Gasteiger partial charge in [-0.15, -0.1) is 0 Å². The Hall–Kier alpha value is -1.50. The molecule has 3 rings (SSSR count). The number of ether oxygens (including phenoxy) is 1. The molecule has 24 heavy (non-hydrogen) atoms. The lowest BCUT2D eigenvalue weighted by atomic mass is 10.1. The minimum absolute atomic E-state index is 0.246. The van der Waals surface area contributed by atoms with Crippen LogP contribution in [0.3, 0.4) is 0 Å². The van der Waals surface area contributed by atoms with Crippen molar-refractivity contribution >= 4 is 21.8 Å². The standard InChI is InChI=1S/C18H21NO3S2/c1-22-16-9-5-6-10-18(16)24(20,21)19-12-11-17(23-14-13-19)15-7-3-2-4-8-15/h2-10,17H,11-14H2,1H3. The SMILES string of the molecule is COc1ccccc1S(=O)(=O)N1CCSC(c2ccccc2)CC1. The summed E-state index contributed by atoms with van der Waals surface area (Å²) in [5, 5.41) is 0.337. The average Bonchev–Trinajstić information content (AvgIpc) is 2.89. The average molecular weight is 364 g/mol. The number of sulfonamides is 1. The second kappa shape index (κ2) is 7.59. The Morgan fingerprint density at radius 2 is 1.75 bits per heavy atom. The Balaban J connectivity index is 1.80. The Bertz CT molecular complexity index is 778. The van der Waals surface area contributed by atoms with Gasteiger partial charge >= 0.3 is 0 Å². The van der Waals surface area contributed by atoms with E-state index in [9.17, 15) is 8.42 Å². The maximum atomic E-state index is 13.0. The summed E-state index contributed by atoms with van der Waals surface area (Å²) in [5.74, 6) is 1.18. The van der Waals surface area contributed by atoms with Crippen molar-refractivity contribution in [2.24, 2.45) is 0 Å². The molecule has 1 heterocycles. The molecule has 1 aliphatic heterocycles. The van der Waals surface area contributed by atoms with Gasteiger partial charge in [0.2, 0.25) is 10.0 Å².